The first kappa shape index (κ1) is 24.2. The van der Waals surface area contributed by atoms with Gasteiger partial charge in [0.1, 0.15) is 11.4 Å². The van der Waals surface area contributed by atoms with E-state index in [2.05, 4.69) is 22.2 Å². The van der Waals surface area contributed by atoms with Crippen LogP contribution < -0.4 is 10.6 Å². The molecule has 2 aromatic rings. The van der Waals surface area contributed by atoms with Crippen molar-refractivity contribution in [1.82, 2.24) is 10.3 Å². The van der Waals surface area contributed by atoms with Gasteiger partial charge in [-0.3, -0.25) is 0 Å². The Bertz CT molecular complexity index is 990. The van der Waals surface area contributed by atoms with Gasteiger partial charge in [-0.2, -0.15) is 0 Å². The maximum atomic E-state index is 12.9. The number of ether oxygens (including phenoxy) is 1. The lowest BCUT2D eigenvalue weighted by atomic mass is 10.0. The number of nitrogens with one attached hydrogen (secondary N) is 3. The van der Waals surface area contributed by atoms with E-state index in [1.165, 1.54) is 12.3 Å². The number of hydrogen-bond donors (Lipinski definition) is 4. The Balaban J connectivity index is 2.25. The van der Waals surface area contributed by atoms with E-state index in [1.54, 1.807) is 26.8 Å². The van der Waals surface area contributed by atoms with Crippen molar-refractivity contribution in [2.24, 2.45) is 0 Å². The fourth-order valence-electron chi connectivity index (χ4n) is 2.53. The number of carbonyl (C=O) groups is 1. The lowest BCUT2D eigenvalue weighted by molar-refractivity contribution is 0.0536. The molecule has 0 aliphatic carbocycles. The van der Waals surface area contributed by atoms with Crippen molar-refractivity contribution in [3.63, 3.8) is 0 Å². The first-order valence-corrected chi connectivity index (χ1v) is 10.9. The van der Waals surface area contributed by atoms with Gasteiger partial charge in [0.05, 0.1) is 17.2 Å². The van der Waals surface area contributed by atoms with Crippen LogP contribution in [0.5, 0.6) is 0 Å². The van der Waals surface area contributed by atoms with Crippen LogP contribution in [0.3, 0.4) is 0 Å². The number of pyridine rings is 1. The Hall–Kier alpha value is -3.08. The Morgan fingerprint density at radius 3 is 2.32 bits per heavy atom. The summed E-state index contributed by atoms with van der Waals surface area (Å²) in [6, 6.07) is 5.03. The minimum absolute atomic E-state index is 0.0297. The molecule has 0 unspecified atom stereocenters. The second-order valence-corrected chi connectivity index (χ2v) is 9.51. The van der Waals surface area contributed by atoms with Crippen molar-refractivity contribution in [2.45, 2.75) is 31.3 Å². The Morgan fingerprint density at radius 2 is 1.81 bits per heavy atom. The van der Waals surface area contributed by atoms with E-state index < -0.39 is 27.3 Å². The van der Waals surface area contributed by atoms with E-state index >= 15 is 0 Å². The fraction of sp³-hybridized carbons (Fsp3) is 0.250. The van der Waals surface area contributed by atoms with Crippen LogP contribution in [0.1, 0.15) is 31.9 Å². The van der Waals surface area contributed by atoms with Crippen LogP contribution in [0, 0.1) is 5.41 Å². The SMILES string of the molecule is C=Cc1ccnc(Nc2ccc([SH](F)(F)(F)F)cc2)c1C(=N)CNC(=O)OC(C)(C)C. The molecule has 11 heteroatoms. The lowest BCUT2D eigenvalue weighted by Crippen LogP contribution is -2.35. The second-order valence-electron chi connectivity index (χ2n) is 7.56. The predicted octanol–water partition coefficient (Wildman–Crippen LogP) is 6.33. The summed E-state index contributed by atoms with van der Waals surface area (Å²) in [5.74, 6) is 0.166. The summed E-state index contributed by atoms with van der Waals surface area (Å²) in [4.78, 5) is 14.7. The number of hydrogen-bond acceptors (Lipinski definition) is 5. The molecule has 0 saturated heterocycles. The number of alkyl carbamates (subject to hydrolysis) is 1. The quantitative estimate of drug-likeness (QED) is 0.221. The fourth-order valence-corrected chi connectivity index (χ4v) is 3.13. The van der Waals surface area contributed by atoms with Crippen LogP contribution in [-0.2, 0) is 4.74 Å². The summed E-state index contributed by atoms with van der Waals surface area (Å²) >= 11 is 0. The number of nitrogens with zero attached hydrogens (tertiary/aromatic N) is 1. The van der Waals surface area contributed by atoms with Crippen molar-refractivity contribution < 1.29 is 25.1 Å². The minimum Gasteiger partial charge on any atom is -0.444 e. The van der Waals surface area contributed by atoms with Gasteiger partial charge in [0.15, 0.2) is 10.7 Å². The molecule has 2 rings (SSSR count). The number of benzene rings is 1. The van der Waals surface area contributed by atoms with Crippen molar-refractivity contribution in [1.29, 1.82) is 5.41 Å². The first-order valence-electron chi connectivity index (χ1n) is 9.09. The molecule has 1 heterocycles. The molecule has 6 nitrogen and oxygen atoms in total. The van der Waals surface area contributed by atoms with Gasteiger partial charge in [0.2, 0.25) is 0 Å². The molecule has 0 atom stereocenters. The van der Waals surface area contributed by atoms with E-state index in [9.17, 15) is 20.3 Å². The zero-order valence-corrected chi connectivity index (χ0v) is 18.1. The van der Waals surface area contributed by atoms with Gasteiger partial charge in [0.25, 0.3) is 0 Å². The molecule has 31 heavy (non-hydrogen) atoms. The number of thiol groups is 1. The number of aromatic nitrogens is 1. The Labute approximate surface area is 178 Å². The maximum absolute atomic E-state index is 12.9. The van der Waals surface area contributed by atoms with E-state index in [0.717, 1.165) is 12.1 Å². The smallest absolute Gasteiger partial charge is 0.407 e. The molecule has 1 amide bonds. The van der Waals surface area contributed by atoms with Gasteiger partial charge in [-0.05, 0) is 56.7 Å². The van der Waals surface area contributed by atoms with Crippen LogP contribution in [-0.4, -0.2) is 28.9 Å². The van der Waals surface area contributed by atoms with E-state index in [4.69, 9.17) is 10.1 Å². The molecule has 0 fully saturated rings. The van der Waals surface area contributed by atoms with Crippen molar-refractivity contribution in [2.75, 3.05) is 11.9 Å². The van der Waals surface area contributed by atoms with E-state index in [-0.39, 0.29) is 23.8 Å². The van der Waals surface area contributed by atoms with Crippen LogP contribution in [0.2, 0.25) is 0 Å². The topological polar surface area (TPSA) is 87.1 Å². The third-order valence-electron chi connectivity index (χ3n) is 3.83. The molecular weight excluding hydrogens is 436 g/mol. The van der Waals surface area contributed by atoms with Crippen molar-refractivity contribution >= 4 is 40.1 Å². The van der Waals surface area contributed by atoms with E-state index in [1.807, 2.05) is 0 Å². The number of rotatable bonds is 7. The average molecular weight is 460 g/mol. The van der Waals surface area contributed by atoms with Crippen LogP contribution >= 0.6 is 10.7 Å². The van der Waals surface area contributed by atoms with Crippen LogP contribution in [0.4, 0.5) is 31.8 Å². The van der Waals surface area contributed by atoms with Crippen LogP contribution in [0.25, 0.3) is 6.08 Å². The predicted molar refractivity (Wildman–Crippen MR) is 117 cm³/mol. The normalized spacial score (nSPS) is 12.9. The largest absolute Gasteiger partial charge is 0.444 e. The lowest BCUT2D eigenvalue weighted by Gasteiger charge is -2.29. The Kier molecular flexibility index (Phi) is 6.69. The molecule has 3 N–H and O–H groups in total. The molecule has 1 aromatic heterocycles. The molecule has 0 saturated carbocycles. The van der Waals surface area contributed by atoms with Gasteiger partial charge in [-0.1, -0.05) is 12.7 Å². The van der Waals surface area contributed by atoms with Gasteiger partial charge in [0, 0.05) is 17.4 Å². The zero-order chi connectivity index (χ0) is 23.5. The Morgan fingerprint density at radius 1 is 1.19 bits per heavy atom. The van der Waals surface area contributed by atoms with Crippen molar-refractivity contribution in [3.05, 3.63) is 54.2 Å². The highest BCUT2D eigenvalue weighted by molar-refractivity contribution is 8.33. The summed E-state index contributed by atoms with van der Waals surface area (Å²) in [5, 5.41) is 13.7. The standard InChI is InChI=1S/C20H24F4N4O2S/c1-5-13-10-11-26-18(17(13)16(25)12-27-19(29)30-20(2,3)4)28-14-6-8-15(9-7-14)31(21,22,23)24/h5-11,25,31H,1,12H2,2-4H3,(H,26,28)(H,27,29). The second kappa shape index (κ2) is 8.58. The molecule has 0 radical (unpaired) electrons. The summed E-state index contributed by atoms with van der Waals surface area (Å²) in [6.07, 6.45) is 2.21. The maximum Gasteiger partial charge on any atom is 0.407 e. The average Bonchev–Trinajstić information content (AvgIpc) is 2.63. The van der Waals surface area contributed by atoms with Gasteiger partial charge >= 0.3 is 6.09 Å². The number of carbonyl (C=O) groups excluding carboxylic acids is 1. The molecular formula is C20H24F4N4O2S. The number of anilines is 2. The van der Waals surface area contributed by atoms with Crippen LogP contribution in [0.15, 0.2) is 48.0 Å². The third kappa shape index (κ3) is 6.99. The molecule has 0 aliphatic rings. The van der Waals surface area contributed by atoms with Gasteiger partial charge in [-0.25, -0.2) is 9.78 Å². The van der Waals surface area contributed by atoms with Gasteiger partial charge < -0.3 is 20.8 Å². The monoisotopic (exact) mass is 460 g/mol. The number of amides is 1. The first-order chi connectivity index (χ1) is 14.2. The highest BCUT2D eigenvalue weighted by Crippen LogP contribution is 2.81. The highest BCUT2D eigenvalue weighted by Gasteiger charge is 2.39. The summed E-state index contributed by atoms with van der Waals surface area (Å²) in [5.41, 5.74) is 0.299. The molecule has 0 spiro atoms. The highest BCUT2D eigenvalue weighted by atomic mass is 32.4. The minimum atomic E-state index is -7.84. The molecule has 1 aromatic carbocycles. The van der Waals surface area contributed by atoms with Gasteiger partial charge in [-0.15, -0.1) is 15.5 Å². The summed E-state index contributed by atoms with van der Waals surface area (Å²) < 4.78 is 56.7. The third-order valence-corrected chi connectivity index (χ3v) is 4.91. The van der Waals surface area contributed by atoms with Crippen molar-refractivity contribution in [3.8, 4) is 0 Å². The zero-order valence-electron chi connectivity index (χ0n) is 17.2. The molecule has 0 bridgehead atoms. The number of halogens is 4. The molecule has 0 aliphatic heterocycles. The molecule has 170 valence electrons. The summed E-state index contributed by atoms with van der Waals surface area (Å²) in [6.45, 7) is 8.61. The summed E-state index contributed by atoms with van der Waals surface area (Å²) in [7, 11) is -7.84. The van der Waals surface area contributed by atoms with E-state index in [0.29, 0.717) is 23.3 Å².